The Balaban J connectivity index is 2.05. The number of anilines is 2. The lowest BCUT2D eigenvalue weighted by Gasteiger charge is -2.12. The summed E-state index contributed by atoms with van der Waals surface area (Å²) in [7, 11) is -4.08. The second kappa shape index (κ2) is 5.30. The molecule has 4 aromatic heterocycles. The zero-order chi connectivity index (χ0) is 19.5. The van der Waals surface area contributed by atoms with E-state index in [1.165, 1.54) is 0 Å². The maximum absolute atomic E-state index is 12.4. The summed E-state index contributed by atoms with van der Waals surface area (Å²) in [5.74, 6) is -0.651. The van der Waals surface area contributed by atoms with Crippen LogP contribution in [-0.2, 0) is 9.84 Å². The Morgan fingerprint density at radius 2 is 1.26 bits per heavy atom. The highest BCUT2D eigenvalue weighted by Crippen LogP contribution is 2.23. The number of aromatic nitrogens is 10. The van der Waals surface area contributed by atoms with Crippen LogP contribution >= 0.6 is 0 Å². The Morgan fingerprint density at radius 1 is 0.852 bits per heavy atom. The lowest BCUT2D eigenvalue weighted by molar-refractivity contribution is 0.590. The molecule has 0 saturated carbocycles. The van der Waals surface area contributed by atoms with Gasteiger partial charge in [-0.2, -0.15) is 9.03 Å². The highest BCUT2D eigenvalue weighted by Gasteiger charge is 2.34. The number of fused-ring (bicyclic) bond motifs is 2. The Labute approximate surface area is 147 Å². The molecule has 4 heterocycles. The second-order valence-corrected chi connectivity index (χ2v) is 7.60. The van der Waals surface area contributed by atoms with Gasteiger partial charge in [-0.25, -0.2) is 18.4 Å². The molecule has 17 heteroatoms. The predicted octanol–water partition coefficient (Wildman–Crippen LogP) is -3.76. The third-order valence-corrected chi connectivity index (χ3v) is 4.90. The molecule has 0 aromatic carbocycles. The SMILES string of the molecule is CS(=O)(=O)C(c1nc2nnc(N)n2[nH]c1=O)c1nc2nnc(N)n2[nH]c1=O. The zero-order valence-electron chi connectivity index (χ0n) is 13.4. The van der Waals surface area contributed by atoms with Gasteiger partial charge in [0.25, 0.3) is 22.7 Å². The molecule has 140 valence electrons. The number of hydrogen-bond donors (Lipinski definition) is 4. The Bertz CT molecular complexity index is 1330. The smallest absolute Gasteiger partial charge is 0.286 e. The summed E-state index contributed by atoms with van der Waals surface area (Å²) in [6, 6.07) is 0. The first-order chi connectivity index (χ1) is 12.7. The van der Waals surface area contributed by atoms with E-state index in [-0.39, 0.29) is 23.5 Å². The van der Waals surface area contributed by atoms with E-state index in [4.69, 9.17) is 11.5 Å². The number of aromatic amines is 2. The first kappa shape index (κ1) is 16.6. The molecule has 4 aromatic rings. The Morgan fingerprint density at radius 3 is 1.63 bits per heavy atom. The van der Waals surface area contributed by atoms with Crippen molar-refractivity contribution >= 4 is 33.3 Å². The van der Waals surface area contributed by atoms with Crippen molar-refractivity contribution in [3.8, 4) is 0 Å². The average Bonchev–Trinajstić information content (AvgIpc) is 3.11. The van der Waals surface area contributed by atoms with Crippen molar-refractivity contribution in [2.75, 3.05) is 17.7 Å². The number of H-pyrrole nitrogens is 2. The number of nitrogens with zero attached hydrogens (tertiary/aromatic N) is 8. The fourth-order valence-electron chi connectivity index (χ4n) is 2.46. The van der Waals surface area contributed by atoms with Crippen LogP contribution in [0.25, 0.3) is 11.6 Å². The molecule has 0 saturated heterocycles. The Hall–Kier alpha value is -3.89. The lowest BCUT2D eigenvalue weighted by Crippen LogP contribution is -2.32. The minimum atomic E-state index is -4.08. The van der Waals surface area contributed by atoms with Crippen LogP contribution in [0.2, 0.25) is 0 Å². The van der Waals surface area contributed by atoms with E-state index >= 15 is 0 Å². The van der Waals surface area contributed by atoms with E-state index in [9.17, 15) is 18.0 Å². The summed E-state index contributed by atoms with van der Waals surface area (Å²) < 4.78 is 26.7. The van der Waals surface area contributed by atoms with Crippen molar-refractivity contribution in [1.82, 2.24) is 49.6 Å². The minimum Gasteiger partial charge on any atom is -0.366 e. The third kappa shape index (κ3) is 2.47. The van der Waals surface area contributed by atoms with Gasteiger partial charge in [0, 0.05) is 6.26 Å². The van der Waals surface area contributed by atoms with E-state index in [0.29, 0.717) is 0 Å². The molecule has 0 atom stereocenters. The van der Waals surface area contributed by atoms with Gasteiger partial charge in [0.2, 0.25) is 11.9 Å². The van der Waals surface area contributed by atoms with Crippen molar-refractivity contribution in [2.45, 2.75) is 5.25 Å². The molecular formula is C10H10N12O4S. The van der Waals surface area contributed by atoms with Gasteiger partial charge in [-0.05, 0) is 0 Å². The van der Waals surface area contributed by atoms with E-state index in [2.05, 4.69) is 40.6 Å². The monoisotopic (exact) mass is 394 g/mol. The molecule has 27 heavy (non-hydrogen) atoms. The third-order valence-electron chi connectivity index (χ3n) is 3.60. The van der Waals surface area contributed by atoms with Crippen LogP contribution in [0.15, 0.2) is 9.59 Å². The Kier molecular flexibility index (Phi) is 3.25. The topological polar surface area (TPSA) is 238 Å². The van der Waals surface area contributed by atoms with Crippen molar-refractivity contribution in [2.24, 2.45) is 0 Å². The molecule has 0 unspecified atom stereocenters. The van der Waals surface area contributed by atoms with Gasteiger partial charge in [-0.1, -0.05) is 0 Å². The van der Waals surface area contributed by atoms with E-state index in [1.807, 2.05) is 0 Å². The highest BCUT2D eigenvalue weighted by atomic mass is 32.2. The minimum absolute atomic E-state index is 0.159. The van der Waals surface area contributed by atoms with Gasteiger partial charge in [0.1, 0.15) is 11.4 Å². The fraction of sp³-hybridized carbons (Fsp3) is 0.200. The van der Waals surface area contributed by atoms with Crippen molar-refractivity contribution in [3.05, 3.63) is 32.1 Å². The van der Waals surface area contributed by atoms with Crippen LogP contribution in [0.5, 0.6) is 0 Å². The summed E-state index contributed by atoms with van der Waals surface area (Å²) in [6.45, 7) is 0. The molecule has 0 aliphatic carbocycles. The summed E-state index contributed by atoms with van der Waals surface area (Å²) >= 11 is 0. The molecule has 0 spiro atoms. The number of nitrogen functional groups attached to an aromatic ring is 2. The van der Waals surface area contributed by atoms with Crippen molar-refractivity contribution < 1.29 is 8.42 Å². The van der Waals surface area contributed by atoms with Crippen LogP contribution < -0.4 is 22.6 Å². The molecule has 0 aliphatic rings. The molecule has 0 bridgehead atoms. The summed E-state index contributed by atoms with van der Waals surface area (Å²) in [5, 5.41) is 17.0. The van der Waals surface area contributed by atoms with Gasteiger partial charge in [0.05, 0.1) is 0 Å². The summed E-state index contributed by atoms with van der Waals surface area (Å²) in [5.41, 5.74) is 8.12. The van der Waals surface area contributed by atoms with Gasteiger partial charge in [-0.15, -0.1) is 20.4 Å². The molecule has 0 fully saturated rings. The molecule has 6 N–H and O–H groups in total. The van der Waals surface area contributed by atoms with Crippen LogP contribution in [0.1, 0.15) is 16.6 Å². The molecule has 4 rings (SSSR count). The summed E-state index contributed by atoms with van der Waals surface area (Å²) in [4.78, 5) is 32.6. The molecular weight excluding hydrogens is 384 g/mol. The second-order valence-electron chi connectivity index (χ2n) is 5.47. The quantitative estimate of drug-likeness (QED) is 0.262. The summed E-state index contributed by atoms with van der Waals surface area (Å²) in [6.07, 6.45) is 0.824. The van der Waals surface area contributed by atoms with Crippen LogP contribution in [0, 0.1) is 0 Å². The number of nitrogens with one attached hydrogen (secondary N) is 2. The molecule has 0 aliphatic heterocycles. The van der Waals surface area contributed by atoms with Gasteiger partial charge >= 0.3 is 0 Å². The van der Waals surface area contributed by atoms with Crippen molar-refractivity contribution in [3.63, 3.8) is 0 Å². The van der Waals surface area contributed by atoms with Gasteiger partial charge in [-0.3, -0.25) is 19.8 Å². The van der Waals surface area contributed by atoms with Gasteiger partial charge < -0.3 is 11.5 Å². The van der Waals surface area contributed by atoms with Crippen LogP contribution in [0.3, 0.4) is 0 Å². The maximum Gasteiger partial charge on any atom is 0.286 e. The number of sulfone groups is 1. The fourth-order valence-corrected chi connectivity index (χ4v) is 3.59. The van der Waals surface area contributed by atoms with E-state index < -0.39 is 37.6 Å². The van der Waals surface area contributed by atoms with Crippen molar-refractivity contribution in [1.29, 1.82) is 0 Å². The van der Waals surface area contributed by atoms with Crippen LogP contribution in [-0.4, -0.2) is 64.3 Å². The first-order valence-corrected chi connectivity index (χ1v) is 9.03. The first-order valence-electron chi connectivity index (χ1n) is 7.07. The average molecular weight is 394 g/mol. The predicted molar refractivity (Wildman–Crippen MR) is 88.3 cm³/mol. The van der Waals surface area contributed by atoms with E-state index in [0.717, 1.165) is 15.3 Å². The number of nitrogens with two attached hydrogens (primary N) is 2. The maximum atomic E-state index is 12.4. The zero-order valence-corrected chi connectivity index (χ0v) is 14.2. The van der Waals surface area contributed by atoms with E-state index in [1.54, 1.807) is 0 Å². The molecule has 0 radical (unpaired) electrons. The largest absolute Gasteiger partial charge is 0.366 e. The molecule has 0 amide bonds. The molecule has 16 nitrogen and oxygen atoms in total. The standard InChI is InChI=1S/C10H10N12O4S/c1-27(25,26)4(2-5(23)19-21-7(11)15-17-9(21)13-2)3-6(24)20-22-8(12)16-18-10(22)14-3/h4H,1H3,(H2,11,15)(H2,12,16)(H,19,23)(H,20,24). The normalized spacial score (nSPS) is 12.4. The highest BCUT2D eigenvalue weighted by molar-refractivity contribution is 7.91. The van der Waals surface area contributed by atoms with Crippen LogP contribution in [0.4, 0.5) is 11.9 Å². The van der Waals surface area contributed by atoms with Gasteiger partial charge in [0.15, 0.2) is 15.1 Å². The number of hydrogen-bond acceptors (Lipinski definition) is 12. The number of rotatable bonds is 3. The lowest BCUT2D eigenvalue weighted by atomic mass is 10.2.